The average molecular weight is 521 g/mol. The maximum Gasteiger partial charge on any atom is 0.393 e. The van der Waals surface area contributed by atoms with Crippen LogP contribution in [0.1, 0.15) is 46.5 Å². The van der Waals surface area contributed by atoms with Gasteiger partial charge in [-0.2, -0.15) is 13.2 Å². The Bertz CT molecular complexity index is 1170. The molecular formula is C25H31F3N6OS. The van der Waals surface area contributed by atoms with Gasteiger partial charge in [0.15, 0.2) is 0 Å². The van der Waals surface area contributed by atoms with Gasteiger partial charge in [0.25, 0.3) is 5.91 Å². The van der Waals surface area contributed by atoms with Gasteiger partial charge in [-0.05, 0) is 56.0 Å². The summed E-state index contributed by atoms with van der Waals surface area (Å²) < 4.78 is 38.6. The summed E-state index contributed by atoms with van der Waals surface area (Å²) in [6, 6.07) is 9.68. The second-order valence-corrected chi connectivity index (χ2v) is 10.3. The van der Waals surface area contributed by atoms with Crippen LogP contribution in [0.2, 0.25) is 0 Å². The van der Waals surface area contributed by atoms with E-state index in [1.165, 1.54) is 6.33 Å². The lowest BCUT2D eigenvalue weighted by molar-refractivity contribution is -0.126. The molecule has 1 aliphatic carbocycles. The number of nitrogens with one attached hydrogen (secondary N) is 2. The van der Waals surface area contributed by atoms with Crippen molar-refractivity contribution >= 4 is 33.3 Å². The van der Waals surface area contributed by atoms with Crippen LogP contribution in [0.15, 0.2) is 36.7 Å². The zero-order chi connectivity index (χ0) is 25.7. The van der Waals surface area contributed by atoms with E-state index < -0.39 is 12.6 Å². The molecule has 194 valence electrons. The second-order valence-electron chi connectivity index (χ2n) is 9.17. The molecule has 2 atom stereocenters. The summed E-state index contributed by atoms with van der Waals surface area (Å²) in [4.78, 5) is 23.6. The number of alkyl halides is 3. The molecule has 7 nitrogen and oxygen atoms in total. The molecule has 11 heteroatoms. The Kier molecular flexibility index (Phi) is 8.43. The summed E-state index contributed by atoms with van der Waals surface area (Å²) in [5.74, 6) is 0.579. The molecule has 4 N–H and O–H groups in total. The third-order valence-corrected chi connectivity index (χ3v) is 7.54. The minimum Gasteiger partial charge on any atom is -0.356 e. The predicted octanol–water partition coefficient (Wildman–Crippen LogP) is 4.02. The van der Waals surface area contributed by atoms with E-state index in [1.807, 2.05) is 31.3 Å². The van der Waals surface area contributed by atoms with Crippen LogP contribution in [-0.4, -0.2) is 54.3 Å². The lowest BCUT2D eigenvalue weighted by Gasteiger charge is -2.26. The van der Waals surface area contributed by atoms with Crippen molar-refractivity contribution in [2.45, 2.75) is 56.9 Å². The summed E-state index contributed by atoms with van der Waals surface area (Å²) in [7, 11) is 1.95. The van der Waals surface area contributed by atoms with Gasteiger partial charge in [0.2, 0.25) is 0 Å². The molecule has 2 aromatic heterocycles. The minimum atomic E-state index is -4.25. The van der Waals surface area contributed by atoms with Crippen LogP contribution in [0.5, 0.6) is 0 Å². The van der Waals surface area contributed by atoms with Crippen molar-refractivity contribution in [1.82, 2.24) is 20.6 Å². The molecule has 0 aliphatic heterocycles. The van der Waals surface area contributed by atoms with E-state index in [-0.39, 0.29) is 16.8 Å². The molecule has 0 bridgehead atoms. The number of carbonyl (C=O) groups is 1. The van der Waals surface area contributed by atoms with Gasteiger partial charge in [0.1, 0.15) is 17.0 Å². The summed E-state index contributed by atoms with van der Waals surface area (Å²) in [5.41, 5.74) is 7.18. The molecule has 1 amide bonds. The van der Waals surface area contributed by atoms with Gasteiger partial charge in [-0.25, -0.2) is 9.97 Å². The molecule has 36 heavy (non-hydrogen) atoms. The van der Waals surface area contributed by atoms with Crippen molar-refractivity contribution in [3.8, 4) is 0 Å². The van der Waals surface area contributed by atoms with E-state index in [1.54, 1.807) is 6.07 Å². The van der Waals surface area contributed by atoms with Crippen molar-refractivity contribution in [1.29, 1.82) is 0 Å². The second kappa shape index (κ2) is 11.5. The Morgan fingerprint density at radius 3 is 2.72 bits per heavy atom. The molecule has 0 saturated heterocycles. The van der Waals surface area contributed by atoms with E-state index in [0.29, 0.717) is 47.3 Å². The number of hydrogen-bond donors (Lipinski definition) is 3. The Morgan fingerprint density at radius 1 is 1.22 bits per heavy atom. The molecule has 2 heterocycles. The maximum absolute atomic E-state index is 12.9. The van der Waals surface area contributed by atoms with Crippen molar-refractivity contribution in [3.05, 3.63) is 52.7 Å². The van der Waals surface area contributed by atoms with E-state index in [2.05, 4.69) is 25.5 Å². The number of aromatic nitrogens is 2. The fourth-order valence-electron chi connectivity index (χ4n) is 4.57. The third kappa shape index (κ3) is 6.71. The van der Waals surface area contributed by atoms with Gasteiger partial charge < -0.3 is 21.3 Å². The number of halogens is 3. The van der Waals surface area contributed by atoms with E-state index in [9.17, 15) is 18.0 Å². The first-order chi connectivity index (χ1) is 17.2. The van der Waals surface area contributed by atoms with Crippen LogP contribution in [0.25, 0.3) is 10.2 Å². The van der Waals surface area contributed by atoms with Crippen LogP contribution in [0, 0.1) is 0 Å². The Balaban J connectivity index is 1.32. The van der Waals surface area contributed by atoms with Gasteiger partial charge >= 0.3 is 6.18 Å². The third-order valence-electron chi connectivity index (χ3n) is 6.50. The summed E-state index contributed by atoms with van der Waals surface area (Å²) in [6.45, 7) is 1.81. The van der Waals surface area contributed by atoms with Gasteiger partial charge in [0.05, 0.1) is 11.8 Å². The zero-order valence-electron chi connectivity index (χ0n) is 20.1. The largest absolute Gasteiger partial charge is 0.393 e. The number of amides is 1. The molecule has 1 fully saturated rings. The van der Waals surface area contributed by atoms with Crippen molar-refractivity contribution in [2.24, 2.45) is 5.73 Å². The van der Waals surface area contributed by atoms with Crippen LogP contribution in [-0.2, 0) is 13.0 Å². The highest BCUT2D eigenvalue weighted by atomic mass is 32.1. The lowest BCUT2D eigenvalue weighted by Crippen LogP contribution is -2.33. The highest BCUT2D eigenvalue weighted by Crippen LogP contribution is 2.35. The monoisotopic (exact) mass is 520 g/mol. The van der Waals surface area contributed by atoms with Crippen molar-refractivity contribution in [2.75, 3.05) is 25.0 Å². The summed E-state index contributed by atoms with van der Waals surface area (Å²) in [6.07, 6.45) is -0.165. The minimum absolute atomic E-state index is 0.0976. The Hall–Kier alpha value is -2.76. The van der Waals surface area contributed by atoms with Crippen LogP contribution >= 0.6 is 11.3 Å². The number of carbonyl (C=O) groups excluding carboxylic acids is 1. The van der Waals surface area contributed by atoms with Gasteiger partial charge in [0, 0.05) is 42.7 Å². The summed E-state index contributed by atoms with van der Waals surface area (Å²) in [5, 5.41) is 7.12. The molecule has 0 unspecified atom stereocenters. The van der Waals surface area contributed by atoms with Gasteiger partial charge in [-0.15, -0.1) is 11.3 Å². The highest BCUT2D eigenvalue weighted by molar-refractivity contribution is 7.18. The summed E-state index contributed by atoms with van der Waals surface area (Å²) >= 11 is 1.07. The number of nitrogens with two attached hydrogens (primary N) is 1. The fraction of sp³-hybridized carbons (Fsp3) is 0.480. The first-order valence-corrected chi connectivity index (χ1v) is 12.9. The van der Waals surface area contributed by atoms with Crippen LogP contribution in [0.4, 0.5) is 19.0 Å². The number of thiophene rings is 1. The standard InChI is InChI=1S/C25H31F3N6OS/c1-34(22-21-12-20(13-25(26,27)28)36-24(21)33-15-32-22)19-8-7-18(11-19)31-14-16-3-5-17(6-4-16)23(35)30-10-2-9-29/h3-6,12,15,18-19,31H,2,7-11,13-14,29H2,1H3,(H,30,35)/t18-,19+/m0/s1. The van der Waals surface area contributed by atoms with Crippen molar-refractivity contribution in [3.63, 3.8) is 0 Å². The molecule has 1 saturated carbocycles. The number of fused-ring (bicyclic) bond motifs is 1. The topological polar surface area (TPSA) is 96.2 Å². The molecule has 1 aliphatic rings. The molecular weight excluding hydrogens is 489 g/mol. The van der Waals surface area contributed by atoms with Crippen molar-refractivity contribution < 1.29 is 18.0 Å². The number of anilines is 1. The Labute approximate surface area is 212 Å². The smallest absolute Gasteiger partial charge is 0.356 e. The first-order valence-electron chi connectivity index (χ1n) is 12.1. The average Bonchev–Trinajstić information content (AvgIpc) is 3.48. The molecule has 0 spiro atoms. The fourth-order valence-corrected chi connectivity index (χ4v) is 5.59. The molecule has 3 aromatic rings. The van der Waals surface area contributed by atoms with E-state index >= 15 is 0 Å². The van der Waals surface area contributed by atoms with Crippen LogP contribution < -0.4 is 21.3 Å². The molecule has 4 rings (SSSR count). The lowest BCUT2D eigenvalue weighted by atomic mass is 10.1. The van der Waals surface area contributed by atoms with Gasteiger partial charge in [-0.1, -0.05) is 12.1 Å². The SMILES string of the molecule is CN(c1ncnc2sc(CC(F)(F)F)cc12)[C@@H]1CC[C@H](NCc2ccc(C(=O)NCCCN)cc2)C1. The van der Waals surface area contributed by atoms with E-state index in [0.717, 1.165) is 42.6 Å². The number of benzene rings is 1. The van der Waals surface area contributed by atoms with E-state index in [4.69, 9.17) is 5.73 Å². The normalized spacial score (nSPS) is 18.0. The Morgan fingerprint density at radius 2 is 2.00 bits per heavy atom. The molecule has 1 aromatic carbocycles. The number of hydrogen-bond acceptors (Lipinski definition) is 7. The maximum atomic E-state index is 12.9. The molecule has 0 radical (unpaired) electrons. The quantitative estimate of drug-likeness (QED) is 0.350. The predicted molar refractivity (Wildman–Crippen MR) is 136 cm³/mol. The van der Waals surface area contributed by atoms with Gasteiger partial charge in [-0.3, -0.25) is 4.79 Å². The number of rotatable bonds is 10. The highest BCUT2D eigenvalue weighted by Gasteiger charge is 2.31. The first kappa shape index (κ1) is 26.3. The van der Waals surface area contributed by atoms with Crippen LogP contribution in [0.3, 0.4) is 0 Å². The number of nitrogens with zero attached hydrogens (tertiary/aromatic N) is 3. The zero-order valence-corrected chi connectivity index (χ0v) is 21.0.